The Bertz CT molecular complexity index is 1470. The van der Waals surface area contributed by atoms with Crippen molar-refractivity contribution in [3.8, 4) is 17.2 Å². The number of hydrogen-bond donors (Lipinski definition) is 3. The number of carbonyl (C=O) groups is 4. The van der Waals surface area contributed by atoms with Crippen LogP contribution in [-0.4, -0.2) is 73.8 Å². The summed E-state index contributed by atoms with van der Waals surface area (Å²) in [5.74, 6) is -3.59. The number of Topliss-reactive ketones (excluding diaryl/α,β-unsaturated/α-hetero) is 1. The van der Waals surface area contributed by atoms with Gasteiger partial charge in [-0.3, -0.25) is 19.2 Å². The second-order valence-corrected chi connectivity index (χ2v) is 12.2. The molecule has 1 aliphatic heterocycles. The van der Waals surface area contributed by atoms with Gasteiger partial charge in [0, 0.05) is 42.9 Å². The lowest BCUT2D eigenvalue weighted by molar-refractivity contribution is -0.243. The van der Waals surface area contributed by atoms with Crippen molar-refractivity contribution in [2.45, 2.75) is 74.2 Å². The minimum absolute atomic E-state index is 0.0121. The summed E-state index contributed by atoms with van der Waals surface area (Å²) >= 11 is 2.12. The first kappa shape index (κ1) is 29.4. The minimum Gasteiger partial charge on any atom is -0.507 e. The lowest BCUT2D eigenvalue weighted by Gasteiger charge is -2.42. The fraction of sp³-hybridized carbons (Fsp3) is 0.448. The average Bonchev–Trinajstić information content (AvgIpc) is 2.90. The van der Waals surface area contributed by atoms with Crippen molar-refractivity contribution in [2.75, 3.05) is 7.11 Å². The van der Waals surface area contributed by atoms with Crippen LogP contribution in [0, 0.1) is 0 Å². The molecular formula is C29H29IO11. The van der Waals surface area contributed by atoms with Crippen LogP contribution in [0.25, 0.3) is 0 Å². The number of esters is 1. The van der Waals surface area contributed by atoms with Crippen molar-refractivity contribution in [1.29, 1.82) is 0 Å². The first-order valence-corrected chi connectivity index (χ1v) is 14.3. The summed E-state index contributed by atoms with van der Waals surface area (Å²) in [5, 5.41) is 34.3. The number of aromatic hydroxyl groups is 2. The number of carbonyl (C=O) groups excluding carboxylic acids is 4. The quantitative estimate of drug-likeness (QED) is 0.157. The van der Waals surface area contributed by atoms with Gasteiger partial charge in [-0.15, -0.1) is 0 Å². The van der Waals surface area contributed by atoms with E-state index in [9.17, 15) is 34.5 Å². The van der Waals surface area contributed by atoms with Crippen LogP contribution in [-0.2, 0) is 30.2 Å². The molecule has 218 valence electrons. The monoisotopic (exact) mass is 680 g/mol. The Kier molecular flexibility index (Phi) is 7.64. The first-order chi connectivity index (χ1) is 19.3. The Morgan fingerprint density at radius 1 is 1.07 bits per heavy atom. The number of phenolic OH excluding ortho intramolecular Hbond substituents is 2. The molecule has 2 aliphatic carbocycles. The molecule has 2 aromatic carbocycles. The first-order valence-electron chi connectivity index (χ1n) is 13.0. The van der Waals surface area contributed by atoms with Crippen LogP contribution in [0.4, 0.5) is 0 Å². The SMILES string of the molecule is COc1cccc2c1C(=O)c1c(O)c3c(c(O)c1C2=O)C[C@@](O)(C(C)=O)C[C@@H]3O[C@H]1C[C@H](I)[C@@H](OC(C)=O)[C@H](C)O1. The highest BCUT2D eigenvalue weighted by Crippen LogP contribution is 2.52. The van der Waals surface area contributed by atoms with Gasteiger partial charge in [-0.1, -0.05) is 34.7 Å². The molecule has 0 unspecified atom stereocenters. The van der Waals surface area contributed by atoms with Crippen LogP contribution in [0.2, 0.25) is 0 Å². The fourth-order valence-electron chi connectivity index (χ4n) is 5.92. The molecule has 5 rings (SSSR count). The molecule has 0 amide bonds. The van der Waals surface area contributed by atoms with Crippen LogP contribution in [0.1, 0.15) is 82.7 Å². The third kappa shape index (κ3) is 4.80. The summed E-state index contributed by atoms with van der Waals surface area (Å²) < 4.78 is 22.7. The largest absolute Gasteiger partial charge is 0.507 e. The summed E-state index contributed by atoms with van der Waals surface area (Å²) in [6.07, 6.45) is -3.70. The van der Waals surface area contributed by atoms with Gasteiger partial charge in [0.2, 0.25) is 5.78 Å². The van der Waals surface area contributed by atoms with Crippen LogP contribution < -0.4 is 4.74 Å². The van der Waals surface area contributed by atoms with Gasteiger partial charge in [0.25, 0.3) is 0 Å². The van der Waals surface area contributed by atoms with Crippen LogP contribution >= 0.6 is 22.6 Å². The molecule has 0 bridgehead atoms. The van der Waals surface area contributed by atoms with Gasteiger partial charge in [-0.2, -0.15) is 0 Å². The second-order valence-electron chi connectivity index (χ2n) is 10.6. The van der Waals surface area contributed by atoms with Crippen molar-refractivity contribution in [3.05, 3.63) is 51.6 Å². The van der Waals surface area contributed by atoms with E-state index in [-0.39, 0.29) is 44.8 Å². The molecule has 3 N–H and O–H groups in total. The summed E-state index contributed by atoms with van der Waals surface area (Å²) in [4.78, 5) is 51.4. The zero-order valence-electron chi connectivity index (χ0n) is 22.7. The zero-order chi connectivity index (χ0) is 30.0. The van der Waals surface area contributed by atoms with E-state index in [4.69, 9.17) is 18.9 Å². The van der Waals surface area contributed by atoms with E-state index in [1.54, 1.807) is 6.92 Å². The number of rotatable bonds is 5. The molecule has 2 aromatic rings. The van der Waals surface area contributed by atoms with E-state index in [1.807, 2.05) is 0 Å². The van der Waals surface area contributed by atoms with Gasteiger partial charge >= 0.3 is 5.97 Å². The number of ketones is 3. The lowest BCUT2D eigenvalue weighted by Crippen LogP contribution is -2.49. The number of alkyl halides is 1. The van der Waals surface area contributed by atoms with Gasteiger partial charge in [0.05, 0.1) is 39.9 Å². The van der Waals surface area contributed by atoms with Gasteiger partial charge in [-0.25, -0.2) is 0 Å². The highest BCUT2D eigenvalue weighted by atomic mass is 127. The van der Waals surface area contributed by atoms with E-state index in [0.717, 1.165) is 0 Å². The summed E-state index contributed by atoms with van der Waals surface area (Å²) in [5.41, 5.74) is -2.98. The molecular weight excluding hydrogens is 651 g/mol. The maximum absolute atomic E-state index is 13.7. The highest BCUT2D eigenvalue weighted by Gasteiger charge is 2.49. The average molecular weight is 680 g/mol. The Hall–Kier alpha value is -3.07. The van der Waals surface area contributed by atoms with Crippen LogP contribution in [0.3, 0.4) is 0 Å². The third-order valence-electron chi connectivity index (χ3n) is 7.95. The maximum atomic E-state index is 13.7. The smallest absolute Gasteiger partial charge is 0.303 e. The standard InChI is InChI=1S/C29H29IO11/c1-11-28(40-13(3)32)16(30)8-19(39-11)41-18-10-29(37,12(2)31)9-15-21(18)27(36)23-22(25(15)34)24(33)14-6-5-7-17(38-4)20(14)26(23)35/h5-7,11,16,18-19,28,34,36-37H,8-10H2,1-4H3/t11-,16-,18-,19-,28-,29-/m0/s1. The summed E-state index contributed by atoms with van der Waals surface area (Å²) in [7, 11) is 1.34. The molecule has 41 heavy (non-hydrogen) atoms. The molecule has 0 aromatic heterocycles. The van der Waals surface area contributed by atoms with E-state index in [1.165, 1.54) is 39.2 Å². The number of fused-ring (bicyclic) bond motifs is 3. The second kappa shape index (κ2) is 10.6. The van der Waals surface area contributed by atoms with Gasteiger partial charge in [0.15, 0.2) is 17.9 Å². The molecule has 11 nitrogen and oxygen atoms in total. The number of phenols is 2. The predicted octanol–water partition coefficient (Wildman–Crippen LogP) is 3.08. The van der Waals surface area contributed by atoms with Crippen molar-refractivity contribution in [3.63, 3.8) is 0 Å². The van der Waals surface area contributed by atoms with Crippen LogP contribution in [0.15, 0.2) is 18.2 Å². The maximum Gasteiger partial charge on any atom is 0.303 e. The van der Waals surface area contributed by atoms with Gasteiger partial charge < -0.3 is 34.3 Å². The number of ether oxygens (including phenoxy) is 4. The number of halogens is 1. The Labute approximate surface area is 248 Å². The topological polar surface area (TPSA) is 166 Å². The molecule has 3 aliphatic rings. The molecule has 6 atom stereocenters. The van der Waals surface area contributed by atoms with E-state index in [2.05, 4.69) is 22.6 Å². The van der Waals surface area contributed by atoms with Gasteiger partial charge in [-0.05, 0) is 19.9 Å². The minimum atomic E-state index is -2.00. The number of benzene rings is 2. The van der Waals surface area contributed by atoms with Crippen molar-refractivity contribution < 1.29 is 53.4 Å². The van der Waals surface area contributed by atoms with Crippen molar-refractivity contribution in [1.82, 2.24) is 0 Å². The number of methoxy groups -OCH3 is 1. The number of aliphatic hydroxyl groups is 1. The molecule has 1 saturated heterocycles. The Morgan fingerprint density at radius 3 is 2.37 bits per heavy atom. The molecule has 1 heterocycles. The molecule has 1 fully saturated rings. The normalized spacial score (nSPS) is 28.8. The Morgan fingerprint density at radius 2 is 1.76 bits per heavy atom. The molecule has 0 saturated carbocycles. The highest BCUT2D eigenvalue weighted by molar-refractivity contribution is 14.1. The van der Waals surface area contributed by atoms with Crippen molar-refractivity contribution >= 4 is 45.9 Å². The third-order valence-corrected chi connectivity index (χ3v) is 9.17. The molecule has 0 spiro atoms. The van der Waals surface area contributed by atoms with E-state index in [0.29, 0.717) is 0 Å². The molecule has 0 radical (unpaired) electrons. The Balaban J connectivity index is 1.62. The van der Waals surface area contributed by atoms with E-state index < -0.39 is 82.6 Å². The van der Waals surface area contributed by atoms with Crippen molar-refractivity contribution in [2.24, 2.45) is 0 Å². The fourth-order valence-corrected chi connectivity index (χ4v) is 7.07. The van der Waals surface area contributed by atoms with E-state index >= 15 is 0 Å². The lowest BCUT2D eigenvalue weighted by atomic mass is 9.72. The van der Waals surface area contributed by atoms with Crippen LogP contribution in [0.5, 0.6) is 17.2 Å². The zero-order valence-corrected chi connectivity index (χ0v) is 24.9. The molecule has 12 heteroatoms. The number of hydrogen-bond acceptors (Lipinski definition) is 11. The predicted molar refractivity (Wildman–Crippen MR) is 150 cm³/mol. The summed E-state index contributed by atoms with van der Waals surface area (Å²) in [6, 6.07) is 4.45. The summed E-state index contributed by atoms with van der Waals surface area (Å²) in [6.45, 7) is 4.21. The van der Waals surface area contributed by atoms with Gasteiger partial charge in [0.1, 0.15) is 29.0 Å².